The van der Waals surface area contributed by atoms with E-state index in [0.717, 1.165) is 12.4 Å². The lowest BCUT2D eigenvalue weighted by molar-refractivity contribution is -0.145. The van der Waals surface area contributed by atoms with E-state index in [-0.39, 0.29) is 67.3 Å². The quantitative estimate of drug-likeness (QED) is 0.425. The summed E-state index contributed by atoms with van der Waals surface area (Å²) in [4.78, 5) is 30.5. The lowest BCUT2D eigenvalue weighted by atomic mass is 10.1. The van der Waals surface area contributed by atoms with Crippen LogP contribution in [-0.2, 0) is 23.7 Å². The molecule has 4 heterocycles. The molecule has 0 aromatic carbocycles. The molecular weight excluding hydrogens is 554 g/mol. The van der Waals surface area contributed by atoms with Crippen molar-refractivity contribution in [2.75, 3.05) is 31.1 Å². The Balaban J connectivity index is 1.59. The number of aromatic nitrogens is 6. The average Bonchev–Trinajstić information content (AvgIpc) is 3.51. The summed E-state index contributed by atoms with van der Waals surface area (Å²) in [7, 11) is 0. The third-order valence-corrected chi connectivity index (χ3v) is 7.11. The maximum Gasteiger partial charge on any atom is 0.451 e. The molecule has 3 aromatic rings. The first kappa shape index (κ1) is 28.7. The topological polar surface area (TPSA) is 113 Å². The largest absolute Gasteiger partial charge is 0.451 e. The zero-order valence-corrected chi connectivity index (χ0v) is 21.6. The fraction of sp³-hybridized carbons (Fsp3) is 0.545. The van der Waals surface area contributed by atoms with Gasteiger partial charge in [0.1, 0.15) is 23.6 Å². The molecule has 0 spiro atoms. The van der Waals surface area contributed by atoms with Gasteiger partial charge in [0.15, 0.2) is 5.82 Å². The summed E-state index contributed by atoms with van der Waals surface area (Å²) >= 11 is 0.339. The molecule has 4 rings (SSSR count). The minimum Gasteiger partial charge on any atom is -0.396 e. The minimum absolute atomic E-state index is 0.0542. The maximum atomic E-state index is 13.6. The Morgan fingerprint density at radius 1 is 1.10 bits per heavy atom. The standard InChI is InChI=1S/C22H24F6N8O2S/c1-12(2)17-31-11-35(33-17)10-15(38)36-5-4-34(9-14(36)3-6-37)18-16(32-20(39-18)22(26,27)28)13-7-29-19(30-8-13)21(23,24)25/h7-8,11-12,14,37H,3-6,9-10H2,1-2H3/t14-/m1/s1. The van der Waals surface area contributed by atoms with Gasteiger partial charge in [0.2, 0.25) is 16.7 Å². The number of rotatable bonds is 7. The summed E-state index contributed by atoms with van der Waals surface area (Å²) in [5.74, 6) is -1.09. The number of thiazole rings is 1. The maximum absolute atomic E-state index is 13.6. The molecule has 0 unspecified atom stereocenters. The molecule has 0 saturated carbocycles. The van der Waals surface area contributed by atoms with Gasteiger partial charge in [-0.25, -0.2) is 24.6 Å². The molecule has 1 saturated heterocycles. The first-order valence-corrected chi connectivity index (χ1v) is 12.6. The van der Waals surface area contributed by atoms with Gasteiger partial charge in [-0.1, -0.05) is 25.2 Å². The Kier molecular flexibility index (Phi) is 8.11. The molecule has 1 N–H and O–H groups in total. The van der Waals surface area contributed by atoms with Gasteiger partial charge in [-0.15, -0.1) is 0 Å². The van der Waals surface area contributed by atoms with Gasteiger partial charge in [0.05, 0.1) is 6.04 Å². The van der Waals surface area contributed by atoms with Crippen LogP contribution in [0.25, 0.3) is 11.3 Å². The van der Waals surface area contributed by atoms with Gasteiger partial charge in [-0.05, 0) is 6.42 Å². The third kappa shape index (κ3) is 6.46. The van der Waals surface area contributed by atoms with E-state index in [1.807, 2.05) is 13.8 Å². The second kappa shape index (κ2) is 11.0. The minimum atomic E-state index is -4.82. The van der Waals surface area contributed by atoms with Crippen molar-refractivity contribution in [2.45, 2.75) is 51.1 Å². The monoisotopic (exact) mass is 578 g/mol. The first-order valence-electron chi connectivity index (χ1n) is 11.8. The van der Waals surface area contributed by atoms with Crippen LogP contribution in [-0.4, -0.2) is 77.9 Å². The number of hydrogen-bond acceptors (Lipinski definition) is 9. The van der Waals surface area contributed by atoms with Gasteiger partial charge in [0.25, 0.3) is 0 Å². The fourth-order valence-corrected chi connectivity index (χ4v) is 5.07. The van der Waals surface area contributed by atoms with Crippen LogP contribution in [0.1, 0.15) is 42.8 Å². The Hall–Kier alpha value is -3.34. The van der Waals surface area contributed by atoms with Crippen molar-refractivity contribution in [3.63, 3.8) is 0 Å². The van der Waals surface area contributed by atoms with Crippen LogP contribution < -0.4 is 4.90 Å². The summed E-state index contributed by atoms with van der Waals surface area (Å²) in [6.07, 6.45) is -6.45. The number of amides is 1. The number of alkyl halides is 6. The summed E-state index contributed by atoms with van der Waals surface area (Å²) < 4.78 is 80.7. The zero-order valence-electron chi connectivity index (χ0n) is 20.7. The highest BCUT2D eigenvalue weighted by Crippen LogP contribution is 2.43. The normalized spacial score (nSPS) is 16.8. The van der Waals surface area contributed by atoms with E-state index in [1.165, 1.54) is 15.9 Å². The number of aliphatic hydroxyl groups excluding tert-OH is 1. The second-order valence-electron chi connectivity index (χ2n) is 9.12. The number of carbonyl (C=O) groups is 1. The predicted octanol–water partition coefficient (Wildman–Crippen LogP) is 3.45. The highest BCUT2D eigenvalue weighted by atomic mass is 32.1. The van der Waals surface area contributed by atoms with Crippen LogP contribution in [0.4, 0.5) is 31.3 Å². The molecule has 10 nitrogen and oxygen atoms in total. The van der Waals surface area contributed by atoms with Crippen molar-refractivity contribution < 1.29 is 36.2 Å². The predicted molar refractivity (Wildman–Crippen MR) is 127 cm³/mol. The van der Waals surface area contributed by atoms with Crippen LogP contribution in [0.3, 0.4) is 0 Å². The number of anilines is 1. The third-order valence-electron chi connectivity index (χ3n) is 5.95. The summed E-state index contributed by atoms with van der Waals surface area (Å²) in [5.41, 5.74) is -0.332. The Morgan fingerprint density at radius 3 is 2.36 bits per heavy atom. The summed E-state index contributed by atoms with van der Waals surface area (Å²) in [6, 6.07) is -0.558. The van der Waals surface area contributed by atoms with E-state index >= 15 is 0 Å². The second-order valence-corrected chi connectivity index (χ2v) is 10.1. The molecule has 212 valence electrons. The van der Waals surface area contributed by atoms with Gasteiger partial charge in [-0.3, -0.25) is 4.79 Å². The average molecular weight is 579 g/mol. The van der Waals surface area contributed by atoms with Crippen molar-refractivity contribution in [2.24, 2.45) is 0 Å². The molecule has 0 aliphatic carbocycles. The molecular formula is C22H24F6N8O2S. The van der Waals surface area contributed by atoms with E-state index < -0.39 is 29.2 Å². The Bertz CT molecular complexity index is 1290. The molecule has 1 amide bonds. The first-order chi connectivity index (χ1) is 18.3. The molecule has 1 fully saturated rings. The van der Waals surface area contributed by atoms with Crippen LogP contribution in [0, 0.1) is 0 Å². The zero-order chi connectivity index (χ0) is 28.5. The molecule has 1 aliphatic heterocycles. The molecule has 0 radical (unpaired) electrons. The molecule has 3 aromatic heterocycles. The van der Waals surface area contributed by atoms with E-state index in [4.69, 9.17) is 0 Å². The molecule has 39 heavy (non-hydrogen) atoms. The summed E-state index contributed by atoms with van der Waals surface area (Å²) in [5, 5.41) is 12.8. The number of piperazine rings is 1. The van der Waals surface area contributed by atoms with Crippen molar-refractivity contribution in [1.29, 1.82) is 0 Å². The highest BCUT2D eigenvalue weighted by molar-refractivity contribution is 7.16. The molecule has 17 heteroatoms. The van der Waals surface area contributed by atoms with Gasteiger partial charge in [-0.2, -0.15) is 31.4 Å². The smallest absolute Gasteiger partial charge is 0.396 e. The highest BCUT2D eigenvalue weighted by Gasteiger charge is 2.39. The number of halogens is 6. The SMILES string of the molecule is CC(C)c1ncn(CC(=O)N2CCN(c3sc(C(F)(F)F)nc3-c3cnc(C(F)(F)F)nc3)C[C@H]2CCO)n1. The van der Waals surface area contributed by atoms with E-state index in [0.29, 0.717) is 17.2 Å². The van der Waals surface area contributed by atoms with Crippen molar-refractivity contribution in [1.82, 2.24) is 34.6 Å². The van der Waals surface area contributed by atoms with E-state index in [1.54, 1.807) is 4.90 Å². The van der Waals surface area contributed by atoms with Gasteiger partial charge in [0, 0.05) is 50.1 Å². The number of nitrogens with zero attached hydrogens (tertiary/aromatic N) is 8. The molecule has 0 bridgehead atoms. The number of hydrogen-bond donors (Lipinski definition) is 1. The van der Waals surface area contributed by atoms with Crippen molar-refractivity contribution in [3.05, 3.63) is 35.4 Å². The van der Waals surface area contributed by atoms with Crippen LogP contribution >= 0.6 is 11.3 Å². The number of aliphatic hydroxyl groups is 1. The summed E-state index contributed by atoms with van der Waals surface area (Å²) in [6.45, 7) is 3.75. The Morgan fingerprint density at radius 2 is 1.79 bits per heavy atom. The van der Waals surface area contributed by atoms with E-state index in [2.05, 4.69) is 25.0 Å². The lowest BCUT2D eigenvalue weighted by Crippen LogP contribution is -2.56. The van der Waals surface area contributed by atoms with Crippen LogP contribution in [0.2, 0.25) is 0 Å². The lowest BCUT2D eigenvalue weighted by Gasteiger charge is -2.42. The van der Waals surface area contributed by atoms with Crippen LogP contribution in [0.5, 0.6) is 0 Å². The van der Waals surface area contributed by atoms with Crippen molar-refractivity contribution in [3.8, 4) is 11.3 Å². The van der Waals surface area contributed by atoms with Crippen LogP contribution in [0.15, 0.2) is 18.7 Å². The van der Waals surface area contributed by atoms with Gasteiger partial charge >= 0.3 is 12.4 Å². The number of carbonyl (C=O) groups excluding carboxylic acids is 1. The fourth-order valence-electron chi connectivity index (χ4n) is 4.08. The molecule has 1 aliphatic rings. The molecule has 1 atom stereocenters. The van der Waals surface area contributed by atoms with Crippen molar-refractivity contribution >= 4 is 22.2 Å². The van der Waals surface area contributed by atoms with Gasteiger partial charge < -0.3 is 14.9 Å². The Labute approximate surface area is 222 Å². The van der Waals surface area contributed by atoms with E-state index in [9.17, 15) is 36.2 Å².